The molecule has 0 amide bonds. The number of carbonyl (C=O) groups is 1. The topological polar surface area (TPSA) is 29.6 Å². The van der Waals surface area contributed by atoms with Crippen LogP contribution in [0.2, 0.25) is 5.02 Å². The van der Waals surface area contributed by atoms with Crippen molar-refractivity contribution in [1.29, 1.82) is 0 Å². The van der Waals surface area contributed by atoms with Gasteiger partial charge in [0.2, 0.25) is 0 Å². The fourth-order valence-corrected chi connectivity index (χ4v) is 2.95. The third-order valence-electron chi connectivity index (χ3n) is 2.79. The van der Waals surface area contributed by atoms with Crippen molar-refractivity contribution in [2.24, 2.45) is 0 Å². The van der Waals surface area contributed by atoms with Crippen molar-refractivity contribution in [3.63, 3.8) is 0 Å². The monoisotopic (exact) mass is 380 g/mol. The number of hydrogen-bond donors (Lipinski definition) is 0. The van der Waals surface area contributed by atoms with Gasteiger partial charge in [0, 0.05) is 5.02 Å². The summed E-state index contributed by atoms with van der Waals surface area (Å²) in [5, 5.41) is 0.684. The van der Waals surface area contributed by atoms with Gasteiger partial charge >= 0.3 is 0 Å². The molecule has 1 aliphatic heterocycles. The van der Waals surface area contributed by atoms with Crippen LogP contribution in [0.4, 0.5) is 0 Å². The first kappa shape index (κ1) is 13.5. The van der Waals surface area contributed by atoms with Gasteiger partial charge in [0.05, 0.1) is 16.3 Å². The Bertz CT molecular complexity index is 429. The van der Waals surface area contributed by atoms with Crippen LogP contribution in [0.15, 0.2) is 24.3 Å². The molecule has 0 spiro atoms. The second-order valence-electron chi connectivity index (χ2n) is 4.24. The molecule has 0 N–H and O–H groups in total. The number of epoxide rings is 1. The van der Waals surface area contributed by atoms with Gasteiger partial charge in [-0.15, -0.1) is 0 Å². The number of halogens is 3. The smallest absolute Gasteiger partial charge is 0.181 e. The number of rotatable bonds is 4. The Morgan fingerprint density at radius 1 is 1.41 bits per heavy atom. The maximum atomic E-state index is 12.1. The zero-order chi connectivity index (χ0) is 12.6. The highest BCUT2D eigenvalue weighted by molar-refractivity contribution is 9.12. The zero-order valence-corrected chi connectivity index (χ0v) is 13.0. The first-order valence-corrected chi connectivity index (χ1v) is 7.37. The van der Waals surface area contributed by atoms with Gasteiger partial charge in [0.25, 0.3) is 0 Å². The fraction of sp³-hybridized carbons (Fsp3) is 0.417. The van der Waals surface area contributed by atoms with E-state index < -0.39 is 5.60 Å². The van der Waals surface area contributed by atoms with Gasteiger partial charge in [-0.1, -0.05) is 55.6 Å². The minimum atomic E-state index is -0.605. The SMILES string of the molecule is C[C@]1(C(=O)[C@H](Br)[C@H](Br)c2ccc(Cl)cc2)CO1. The van der Waals surface area contributed by atoms with Crippen LogP contribution < -0.4 is 0 Å². The van der Waals surface area contributed by atoms with E-state index in [0.717, 1.165) is 5.56 Å². The maximum absolute atomic E-state index is 12.1. The van der Waals surface area contributed by atoms with Crippen LogP contribution in [0.25, 0.3) is 0 Å². The molecule has 0 saturated carbocycles. The molecule has 1 aliphatic rings. The lowest BCUT2D eigenvalue weighted by Crippen LogP contribution is -2.31. The first-order chi connectivity index (χ1) is 7.94. The third-order valence-corrected chi connectivity index (χ3v) is 5.76. The van der Waals surface area contributed by atoms with E-state index in [4.69, 9.17) is 16.3 Å². The Morgan fingerprint density at radius 2 is 1.94 bits per heavy atom. The van der Waals surface area contributed by atoms with Gasteiger partial charge in [0.15, 0.2) is 5.78 Å². The van der Waals surface area contributed by atoms with E-state index in [9.17, 15) is 4.79 Å². The molecule has 3 atom stereocenters. The van der Waals surface area contributed by atoms with E-state index in [2.05, 4.69) is 31.9 Å². The van der Waals surface area contributed by atoms with Crippen molar-refractivity contribution < 1.29 is 9.53 Å². The van der Waals surface area contributed by atoms with E-state index in [-0.39, 0.29) is 15.4 Å². The fourth-order valence-electron chi connectivity index (χ4n) is 1.49. The Labute approximate surface area is 122 Å². The van der Waals surface area contributed by atoms with Crippen molar-refractivity contribution in [1.82, 2.24) is 0 Å². The van der Waals surface area contributed by atoms with E-state index in [1.807, 2.05) is 31.2 Å². The van der Waals surface area contributed by atoms with Crippen LogP contribution in [0.1, 0.15) is 17.3 Å². The lowest BCUT2D eigenvalue weighted by molar-refractivity contribution is -0.122. The van der Waals surface area contributed by atoms with Gasteiger partial charge in [-0.25, -0.2) is 0 Å². The molecule has 1 saturated heterocycles. The summed E-state index contributed by atoms with van der Waals surface area (Å²) in [6.07, 6.45) is 0. The molecule has 17 heavy (non-hydrogen) atoms. The number of ether oxygens (including phenoxy) is 1. The van der Waals surface area contributed by atoms with Crippen LogP contribution in [-0.4, -0.2) is 22.8 Å². The highest BCUT2D eigenvalue weighted by atomic mass is 79.9. The number of ketones is 1. The molecular weight excluding hydrogens is 371 g/mol. The molecule has 0 bridgehead atoms. The highest BCUT2D eigenvalue weighted by Gasteiger charge is 2.50. The van der Waals surface area contributed by atoms with Crippen molar-refractivity contribution in [3.8, 4) is 0 Å². The minimum absolute atomic E-state index is 0.0642. The lowest BCUT2D eigenvalue weighted by Gasteiger charge is -2.18. The molecule has 5 heteroatoms. The molecule has 1 aromatic rings. The summed E-state index contributed by atoms with van der Waals surface area (Å²) in [5.74, 6) is 0.0642. The van der Waals surface area contributed by atoms with Crippen LogP contribution in [0.3, 0.4) is 0 Å². The number of carbonyl (C=O) groups excluding carboxylic acids is 1. The summed E-state index contributed by atoms with van der Waals surface area (Å²) in [4.78, 5) is 11.7. The minimum Gasteiger partial charge on any atom is -0.362 e. The molecular formula is C12H11Br2ClO2. The molecule has 1 heterocycles. The van der Waals surface area contributed by atoms with Crippen molar-refractivity contribution >= 4 is 49.2 Å². The van der Waals surface area contributed by atoms with Crippen molar-refractivity contribution in [3.05, 3.63) is 34.9 Å². The Balaban J connectivity index is 2.11. The summed E-state index contributed by atoms with van der Waals surface area (Å²) in [5.41, 5.74) is 0.404. The third kappa shape index (κ3) is 2.92. The standard InChI is InChI=1S/C12H11Br2ClO2/c1-12(6-17-12)11(16)10(14)9(13)7-2-4-8(15)5-3-7/h2-5,9-10H,6H2,1H3/t9-,10-,12-/m1/s1. The Kier molecular flexibility index (Phi) is 3.98. The second kappa shape index (κ2) is 5.00. The van der Waals surface area contributed by atoms with Crippen molar-refractivity contribution in [2.75, 3.05) is 6.61 Å². The van der Waals surface area contributed by atoms with Crippen molar-refractivity contribution in [2.45, 2.75) is 22.2 Å². The largest absolute Gasteiger partial charge is 0.362 e. The van der Waals surface area contributed by atoms with E-state index in [1.54, 1.807) is 0 Å². The average Bonchev–Trinajstić information content (AvgIpc) is 3.07. The average molecular weight is 382 g/mol. The van der Waals surface area contributed by atoms with Crippen LogP contribution >= 0.6 is 43.5 Å². The predicted octanol–water partition coefficient (Wildman–Crippen LogP) is 3.90. The summed E-state index contributed by atoms with van der Waals surface area (Å²) in [6, 6.07) is 7.42. The van der Waals surface area contributed by atoms with Gasteiger partial charge in [-0.2, -0.15) is 0 Å². The van der Waals surface area contributed by atoms with Gasteiger partial charge in [-0.05, 0) is 24.6 Å². The van der Waals surface area contributed by atoms with Gasteiger partial charge in [0.1, 0.15) is 5.60 Å². The molecule has 0 aliphatic carbocycles. The van der Waals surface area contributed by atoms with Gasteiger partial charge < -0.3 is 4.74 Å². The van der Waals surface area contributed by atoms with Crippen LogP contribution in [0.5, 0.6) is 0 Å². The summed E-state index contributed by atoms with van der Waals surface area (Å²) in [7, 11) is 0. The Hall–Kier alpha value is 0.1000. The number of hydrogen-bond acceptors (Lipinski definition) is 2. The number of benzene rings is 1. The summed E-state index contributed by atoms with van der Waals surface area (Å²) >= 11 is 12.8. The first-order valence-electron chi connectivity index (χ1n) is 5.16. The van der Waals surface area contributed by atoms with Crippen LogP contribution in [-0.2, 0) is 9.53 Å². The zero-order valence-electron chi connectivity index (χ0n) is 9.12. The predicted molar refractivity (Wildman–Crippen MR) is 75.2 cm³/mol. The molecule has 0 unspecified atom stereocenters. The van der Waals surface area contributed by atoms with E-state index in [1.165, 1.54) is 0 Å². The maximum Gasteiger partial charge on any atom is 0.181 e. The Morgan fingerprint density at radius 3 is 2.41 bits per heavy atom. The van der Waals surface area contributed by atoms with E-state index in [0.29, 0.717) is 11.6 Å². The molecule has 2 rings (SSSR count). The van der Waals surface area contributed by atoms with E-state index >= 15 is 0 Å². The lowest BCUT2D eigenvalue weighted by atomic mass is 10.00. The normalized spacial score (nSPS) is 26.4. The molecule has 0 aromatic heterocycles. The molecule has 0 radical (unpaired) electrons. The van der Waals surface area contributed by atoms with Crippen LogP contribution in [0, 0.1) is 0 Å². The van der Waals surface area contributed by atoms with Gasteiger partial charge in [-0.3, -0.25) is 4.79 Å². The molecule has 1 fully saturated rings. The highest BCUT2D eigenvalue weighted by Crippen LogP contribution is 2.38. The number of Topliss-reactive ketones (excluding diaryl/α,β-unsaturated/α-hetero) is 1. The number of alkyl halides is 2. The molecule has 1 aromatic carbocycles. The quantitative estimate of drug-likeness (QED) is 0.584. The summed E-state index contributed by atoms with van der Waals surface area (Å²) in [6.45, 7) is 2.32. The molecule has 92 valence electrons. The molecule has 2 nitrogen and oxygen atoms in total. The second-order valence-corrected chi connectivity index (χ2v) is 6.65. The summed E-state index contributed by atoms with van der Waals surface area (Å²) < 4.78 is 5.16.